The SMILES string of the molecule is O=c1ccn2c3c(cccc13)[S@@](=O)c1ccccc1-2. The van der Waals surface area contributed by atoms with E-state index >= 15 is 0 Å². The molecule has 3 nitrogen and oxygen atoms in total. The molecule has 0 unspecified atom stereocenters. The third-order valence-electron chi connectivity index (χ3n) is 3.40. The number of aromatic nitrogens is 1. The number of pyridine rings is 1. The Morgan fingerprint density at radius 2 is 1.68 bits per heavy atom. The summed E-state index contributed by atoms with van der Waals surface area (Å²) in [5.41, 5.74) is 1.60. The summed E-state index contributed by atoms with van der Waals surface area (Å²) in [7, 11) is -1.23. The van der Waals surface area contributed by atoms with Gasteiger partial charge in [-0.2, -0.15) is 0 Å². The molecule has 0 fully saturated rings. The van der Waals surface area contributed by atoms with E-state index in [0.717, 1.165) is 16.1 Å². The number of benzene rings is 2. The number of rotatable bonds is 0. The maximum Gasteiger partial charge on any atom is 0.189 e. The fraction of sp³-hybridized carbons (Fsp3) is 0. The van der Waals surface area contributed by atoms with Crippen LogP contribution < -0.4 is 5.43 Å². The second kappa shape index (κ2) is 3.65. The quantitative estimate of drug-likeness (QED) is 0.491. The first-order chi connectivity index (χ1) is 9.27. The zero-order valence-corrected chi connectivity index (χ0v) is 10.7. The highest BCUT2D eigenvalue weighted by molar-refractivity contribution is 7.85. The van der Waals surface area contributed by atoms with Gasteiger partial charge in [0.25, 0.3) is 0 Å². The van der Waals surface area contributed by atoms with Crippen molar-refractivity contribution in [3.05, 3.63) is 65.0 Å². The predicted molar refractivity (Wildman–Crippen MR) is 74.2 cm³/mol. The van der Waals surface area contributed by atoms with Gasteiger partial charge in [-0.25, -0.2) is 4.21 Å². The molecule has 1 atom stereocenters. The van der Waals surface area contributed by atoms with Gasteiger partial charge in [0.15, 0.2) is 5.43 Å². The van der Waals surface area contributed by atoms with Crippen LogP contribution in [0.1, 0.15) is 0 Å². The van der Waals surface area contributed by atoms with E-state index in [1.54, 1.807) is 24.4 Å². The summed E-state index contributed by atoms with van der Waals surface area (Å²) in [6.07, 6.45) is 1.75. The molecule has 2 heterocycles. The highest BCUT2D eigenvalue weighted by Gasteiger charge is 2.23. The maximum absolute atomic E-state index is 12.6. The highest BCUT2D eigenvalue weighted by atomic mass is 32.2. The molecule has 0 spiro atoms. The molecule has 0 amide bonds. The normalized spacial score (nSPS) is 16.3. The van der Waals surface area contributed by atoms with Crippen LogP contribution in [-0.2, 0) is 10.8 Å². The van der Waals surface area contributed by atoms with Gasteiger partial charge in [0.2, 0.25) is 0 Å². The van der Waals surface area contributed by atoms with Gasteiger partial charge in [-0.3, -0.25) is 4.79 Å². The monoisotopic (exact) mass is 267 g/mol. The standard InChI is InChI=1S/C15H9NO2S/c17-12-8-9-16-11-5-1-2-6-13(11)19(18)14-7-3-4-10(12)15(14)16/h1-9H/t19-/m0/s1. The van der Waals surface area contributed by atoms with Crippen LogP contribution in [0.25, 0.3) is 16.6 Å². The van der Waals surface area contributed by atoms with Crippen LogP contribution in [0, 0.1) is 0 Å². The van der Waals surface area contributed by atoms with Gasteiger partial charge >= 0.3 is 0 Å². The third kappa shape index (κ3) is 1.32. The van der Waals surface area contributed by atoms with Crippen LogP contribution in [-0.4, -0.2) is 8.78 Å². The number of hydrogen-bond donors (Lipinski definition) is 0. The summed E-state index contributed by atoms with van der Waals surface area (Å²) >= 11 is 0. The number of fused-ring (bicyclic) bond motifs is 2. The summed E-state index contributed by atoms with van der Waals surface area (Å²) in [4.78, 5) is 13.4. The Bertz CT molecular complexity index is 911. The molecule has 0 saturated heterocycles. The molecule has 1 aromatic heterocycles. The Morgan fingerprint density at radius 3 is 2.58 bits per heavy atom. The Hall–Kier alpha value is -2.20. The van der Waals surface area contributed by atoms with Crippen LogP contribution >= 0.6 is 0 Å². The second-order valence-electron chi connectivity index (χ2n) is 4.44. The van der Waals surface area contributed by atoms with Gasteiger partial charge in [0.05, 0.1) is 31.8 Å². The van der Waals surface area contributed by atoms with Crippen molar-refractivity contribution in [3.8, 4) is 5.69 Å². The molecule has 0 saturated carbocycles. The molecule has 4 rings (SSSR count). The molecular weight excluding hydrogens is 258 g/mol. The Balaban J connectivity index is 2.32. The summed E-state index contributed by atoms with van der Waals surface area (Å²) < 4.78 is 14.5. The van der Waals surface area contributed by atoms with Gasteiger partial charge in [-0.05, 0) is 24.3 Å². The minimum Gasteiger partial charge on any atom is -0.314 e. The molecular formula is C15H9NO2S. The van der Waals surface area contributed by atoms with E-state index in [1.165, 1.54) is 0 Å². The Labute approximate surface area is 111 Å². The number of nitrogens with zero attached hydrogens (tertiary/aromatic N) is 1. The largest absolute Gasteiger partial charge is 0.314 e. The fourth-order valence-corrected chi connectivity index (χ4v) is 3.94. The molecule has 1 aliphatic rings. The lowest BCUT2D eigenvalue weighted by molar-refractivity contribution is 0.681. The van der Waals surface area contributed by atoms with Crippen LogP contribution in [0.4, 0.5) is 0 Å². The molecule has 92 valence electrons. The van der Waals surface area contributed by atoms with Crippen molar-refractivity contribution in [1.82, 2.24) is 4.57 Å². The Morgan fingerprint density at radius 1 is 0.895 bits per heavy atom. The zero-order valence-electron chi connectivity index (χ0n) is 9.87. The topological polar surface area (TPSA) is 39.1 Å². The van der Waals surface area contributed by atoms with Crippen LogP contribution in [0.15, 0.2) is 69.3 Å². The van der Waals surface area contributed by atoms with Crippen LogP contribution in [0.3, 0.4) is 0 Å². The average molecular weight is 267 g/mol. The molecule has 19 heavy (non-hydrogen) atoms. The first kappa shape index (κ1) is 10.7. The van der Waals surface area contributed by atoms with Crippen molar-refractivity contribution in [2.24, 2.45) is 0 Å². The van der Waals surface area contributed by atoms with Crippen molar-refractivity contribution in [2.45, 2.75) is 9.79 Å². The van der Waals surface area contributed by atoms with Crippen molar-refractivity contribution < 1.29 is 4.21 Å². The first-order valence-electron chi connectivity index (χ1n) is 5.93. The predicted octanol–water partition coefficient (Wildman–Crippen LogP) is 2.47. The minimum absolute atomic E-state index is 0.0375. The maximum atomic E-state index is 12.6. The molecule has 0 aliphatic carbocycles. The summed E-state index contributed by atoms with van der Waals surface area (Å²) in [5, 5.41) is 0.614. The number of para-hydroxylation sites is 2. The lowest BCUT2D eigenvalue weighted by atomic mass is 10.2. The summed E-state index contributed by atoms with van der Waals surface area (Å²) in [6.45, 7) is 0. The van der Waals surface area contributed by atoms with Crippen molar-refractivity contribution in [1.29, 1.82) is 0 Å². The van der Waals surface area contributed by atoms with Crippen LogP contribution in [0.5, 0.6) is 0 Å². The molecule has 0 bridgehead atoms. The van der Waals surface area contributed by atoms with E-state index in [0.29, 0.717) is 10.3 Å². The minimum atomic E-state index is -1.23. The van der Waals surface area contributed by atoms with Gasteiger partial charge < -0.3 is 4.57 Å². The lowest BCUT2D eigenvalue weighted by Gasteiger charge is -2.21. The smallest absolute Gasteiger partial charge is 0.189 e. The van der Waals surface area contributed by atoms with E-state index in [4.69, 9.17) is 0 Å². The zero-order chi connectivity index (χ0) is 13.0. The fourth-order valence-electron chi connectivity index (χ4n) is 2.56. The first-order valence-corrected chi connectivity index (χ1v) is 7.08. The third-order valence-corrected chi connectivity index (χ3v) is 4.88. The van der Waals surface area contributed by atoms with Gasteiger partial charge in [0.1, 0.15) is 0 Å². The van der Waals surface area contributed by atoms with Gasteiger partial charge in [-0.1, -0.05) is 18.2 Å². The summed E-state index contributed by atoms with van der Waals surface area (Å²) in [6, 6.07) is 14.5. The number of hydrogen-bond acceptors (Lipinski definition) is 2. The van der Waals surface area contributed by atoms with Crippen molar-refractivity contribution in [2.75, 3.05) is 0 Å². The van der Waals surface area contributed by atoms with E-state index in [9.17, 15) is 9.00 Å². The summed E-state index contributed by atoms with van der Waals surface area (Å²) in [5.74, 6) is 0. The molecule has 4 heteroatoms. The van der Waals surface area contributed by atoms with Crippen molar-refractivity contribution in [3.63, 3.8) is 0 Å². The van der Waals surface area contributed by atoms with Crippen molar-refractivity contribution >= 4 is 21.7 Å². The average Bonchev–Trinajstić information content (AvgIpc) is 2.46. The van der Waals surface area contributed by atoms with E-state index in [1.807, 2.05) is 34.9 Å². The van der Waals surface area contributed by atoms with Crippen LogP contribution in [0.2, 0.25) is 0 Å². The Kier molecular flexibility index (Phi) is 2.05. The molecule has 2 aromatic carbocycles. The molecule has 3 aromatic rings. The van der Waals surface area contributed by atoms with E-state index < -0.39 is 10.8 Å². The lowest BCUT2D eigenvalue weighted by Crippen LogP contribution is -2.15. The van der Waals surface area contributed by atoms with Gasteiger partial charge in [-0.15, -0.1) is 0 Å². The molecule has 0 N–H and O–H groups in total. The molecule has 0 radical (unpaired) electrons. The van der Waals surface area contributed by atoms with E-state index in [-0.39, 0.29) is 5.43 Å². The second-order valence-corrected chi connectivity index (χ2v) is 5.86. The van der Waals surface area contributed by atoms with E-state index in [2.05, 4.69) is 0 Å². The molecule has 1 aliphatic heterocycles. The highest BCUT2D eigenvalue weighted by Crippen LogP contribution is 2.33. The van der Waals surface area contributed by atoms with Gasteiger partial charge in [0, 0.05) is 17.6 Å².